The Labute approximate surface area is 128 Å². The van der Waals surface area contributed by atoms with Crippen molar-refractivity contribution in [3.05, 3.63) is 39.6 Å². The summed E-state index contributed by atoms with van der Waals surface area (Å²) in [5.74, 6) is 1.85. The van der Waals surface area contributed by atoms with E-state index in [9.17, 15) is 0 Å². The molecule has 106 valence electrons. The Morgan fingerprint density at radius 3 is 2.70 bits per heavy atom. The van der Waals surface area contributed by atoms with Crippen molar-refractivity contribution in [3.8, 4) is 0 Å². The number of hydrogen-bond acceptors (Lipinski definition) is 4. The van der Waals surface area contributed by atoms with E-state index in [1.54, 1.807) is 6.07 Å². The predicted molar refractivity (Wildman–Crippen MR) is 84.9 cm³/mol. The Hall–Kier alpha value is -1.52. The fourth-order valence-electron chi connectivity index (χ4n) is 1.77. The quantitative estimate of drug-likeness (QED) is 0.880. The molecule has 3 N–H and O–H groups in total. The smallest absolute Gasteiger partial charge is 0.139 e. The van der Waals surface area contributed by atoms with E-state index in [2.05, 4.69) is 22.2 Å². The maximum Gasteiger partial charge on any atom is 0.139 e. The molecule has 0 spiro atoms. The van der Waals surface area contributed by atoms with Crippen LogP contribution in [-0.4, -0.2) is 9.97 Å². The summed E-state index contributed by atoms with van der Waals surface area (Å²) < 4.78 is 0. The average molecular weight is 311 g/mol. The van der Waals surface area contributed by atoms with Crippen molar-refractivity contribution < 1.29 is 0 Å². The number of nitrogens with two attached hydrogens (primary N) is 1. The van der Waals surface area contributed by atoms with Crippen LogP contribution in [0.4, 0.5) is 17.3 Å². The number of hydrogen-bond donors (Lipinski definition) is 2. The minimum Gasteiger partial charge on any atom is -0.383 e. The number of halogens is 2. The Balaban J connectivity index is 2.39. The second-order valence-electron chi connectivity index (χ2n) is 4.48. The molecule has 0 fully saturated rings. The van der Waals surface area contributed by atoms with Crippen molar-refractivity contribution in [2.45, 2.75) is 26.7 Å². The molecule has 0 saturated heterocycles. The Morgan fingerprint density at radius 1 is 1.25 bits per heavy atom. The van der Waals surface area contributed by atoms with Crippen molar-refractivity contribution in [1.29, 1.82) is 0 Å². The number of benzene rings is 1. The van der Waals surface area contributed by atoms with Gasteiger partial charge in [0, 0.05) is 12.0 Å². The molecule has 1 heterocycles. The Morgan fingerprint density at radius 2 is 2.00 bits per heavy atom. The van der Waals surface area contributed by atoms with Crippen LogP contribution in [-0.2, 0) is 6.42 Å². The van der Waals surface area contributed by atoms with Gasteiger partial charge in [0.25, 0.3) is 0 Å². The molecule has 0 saturated carbocycles. The average Bonchev–Trinajstić information content (AvgIpc) is 2.41. The van der Waals surface area contributed by atoms with E-state index in [-0.39, 0.29) is 0 Å². The number of nitrogens with zero attached hydrogens (tertiary/aromatic N) is 2. The van der Waals surface area contributed by atoms with Crippen LogP contribution >= 0.6 is 23.2 Å². The van der Waals surface area contributed by atoms with Crippen LogP contribution in [0.2, 0.25) is 10.0 Å². The highest BCUT2D eigenvalue weighted by atomic mass is 35.5. The van der Waals surface area contributed by atoms with Crippen LogP contribution in [0.5, 0.6) is 0 Å². The van der Waals surface area contributed by atoms with Crippen LogP contribution in [0.1, 0.15) is 24.7 Å². The molecule has 0 atom stereocenters. The first-order chi connectivity index (χ1) is 9.52. The first kappa shape index (κ1) is 14.9. The molecular formula is C14H16Cl2N4. The van der Waals surface area contributed by atoms with Gasteiger partial charge in [0.2, 0.25) is 0 Å². The second-order valence-corrected chi connectivity index (χ2v) is 5.26. The summed E-state index contributed by atoms with van der Waals surface area (Å²) >= 11 is 12.2. The molecule has 2 rings (SSSR count). The van der Waals surface area contributed by atoms with Gasteiger partial charge in [-0.3, -0.25) is 0 Å². The summed E-state index contributed by atoms with van der Waals surface area (Å²) in [6.07, 6.45) is 1.74. The Bertz CT molecular complexity index is 629. The lowest BCUT2D eigenvalue weighted by molar-refractivity contribution is 0.836. The van der Waals surface area contributed by atoms with Gasteiger partial charge in [-0.05, 0) is 25.5 Å². The van der Waals surface area contributed by atoms with Gasteiger partial charge in [-0.25, -0.2) is 9.97 Å². The molecule has 2 aromatic rings. The van der Waals surface area contributed by atoms with Crippen molar-refractivity contribution in [3.63, 3.8) is 0 Å². The van der Waals surface area contributed by atoms with Crippen LogP contribution in [0.3, 0.4) is 0 Å². The summed E-state index contributed by atoms with van der Waals surface area (Å²) in [6, 6.07) is 5.40. The van der Waals surface area contributed by atoms with Gasteiger partial charge in [0.1, 0.15) is 17.5 Å². The van der Waals surface area contributed by atoms with Gasteiger partial charge in [-0.1, -0.05) is 36.2 Å². The molecule has 20 heavy (non-hydrogen) atoms. The van der Waals surface area contributed by atoms with Crippen molar-refractivity contribution in [2.24, 2.45) is 0 Å². The van der Waals surface area contributed by atoms with E-state index in [1.807, 2.05) is 19.1 Å². The van der Waals surface area contributed by atoms with Crippen LogP contribution in [0, 0.1) is 6.92 Å². The standard InChI is InChI=1S/C14H16Cl2N4/c1-3-5-11-19-13(17)8(2)14(20-11)18-10-7-4-6-9(15)12(10)16/h4,6-7H,3,5H2,1-2H3,(H3,17,18,19,20). The van der Waals surface area contributed by atoms with Gasteiger partial charge in [0.15, 0.2) is 0 Å². The number of nitrogens with one attached hydrogen (secondary N) is 1. The predicted octanol–water partition coefficient (Wildman–Crippen LogP) is 4.37. The monoisotopic (exact) mass is 310 g/mol. The summed E-state index contributed by atoms with van der Waals surface area (Å²) in [5.41, 5.74) is 7.41. The highest BCUT2D eigenvalue weighted by Crippen LogP contribution is 2.32. The summed E-state index contributed by atoms with van der Waals surface area (Å²) in [5, 5.41) is 4.13. The molecule has 0 aliphatic carbocycles. The van der Waals surface area contributed by atoms with Gasteiger partial charge < -0.3 is 11.1 Å². The molecule has 4 nitrogen and oxygen atoms in total. The zero-order valence-electron chi connectivity index (χ0n) is 11.4. The van der Waals surface area contributed by atoms with E-state index in [0.717, 1.165) is 24.2 Å². The van der Waals surface area contributed by atoms with Gasteiger partial charge in [-0.2, -0.15) is 0 Å². The third-order valence-electron chi connectivity index (χ3n) is 2.91. The van der Waals surface area contributed by atoms with E-state index in [1.165, 1.54) is 0 Å². The molecule has 0 unspecified atom stereocenters. The van der Waals surface area contributed by atoms with Crippen molar-refractivity contribution >= 4 is 40.5 Å². The fraction of sp³-hybridized carbons (Fsp3) is 0.286. The van der Waals surface area contributed by atoms with Crippen LogP contribution < -0.4 is 11.1 Å². The minimum atomic E-state index is 0.461. The number of aromatic nitrogens is 2. The van der Waals surface area contributed by atoms with Crippen LogP contribution in [0.15, 0.2) is 18.2 Å². The molecule has 0 aliphatic rings. The largest absolute Gasteiger partial charge is 0.383 e. The number of aryl methyl sites for hydroxylation is 1. The zero-order chi connectivity index (χ0) is 14.7. The second kappa shape index (κ2) is 6.29. The van der Waals surface area contributed by atoms with E-state index in [0.29, 0.717) is 27.4 Å². The third-order valence-corrected chi connectivity index (χ3v) is 3.73. The zero-order valence-corrected chi connectivity index (χ0v) is 12.9. The fourth-order valence-corrected chi connectivity index (χ4v) is 2.11. The highest BCUT2D eigenvalue weighted by molar-refractivity contribution is 6.43. The lowest BCUT2D eigenvalue weighted by Crippen LogP contribution is -2.07. The third kappa shape index (κ3) is 3.14. The molecule has 6 heteroatoms. The summed E-state index contributed by atoms with van der Waals surface area (Å²) in [4.78, 5) is 8.76. The molecule has 1 aromatic heterocycles. The molecule has 0 aliphatic heterocycles. The number of rotatable bonds is 4. The number of anilines is 3. The maximum atomic E-state index is 6.17. The molecule has 0 bridgehead atoms. The maximum absolute atomic E-state index is 6.17. The SMILES string of the molecule is CCCc1nc(N)c(C)c(Nc2cccc(Cl)c2Cl)n1. The van der Waals surface area contributed by atoms with Crippen molar-refractivity contribution in [2.75, 3.05) is 11.1 Å². The topological polar surface area (TPSA) is 63.8 Å². The highest BCUT2D eigenvalue weighted by Gasteiger charge is 2.11. The molecule has 0 radical (unpaired) electrons. The molecule has 1 aromatic carbocycles. The normalized spacial score (nSPS) is 10.6. The Kier molecular flexibility index (Phi) is 4.68. The number of nitrogen functional groups attached to an aromatic ring is 1. The van der Waals surface area contributed by atoms with Gasteiger partial charge in [-0.15, -0.1) is 0 Å². The van der Waals surface area contributed by atoms with E-state index < -0.39 is 0 Å². The molecule has 0 amide bonds. The van der Waals surface area contributed by atoms with Crippen molar-refractivity contribution in [1.82, 2.24) is 9.97 Å². The first-order valence-electron chi connectivity index (χ1n) is 6.37. The lowest BCUT2D eigenvalue weighted by Gasteiger charge is -2.13. The van der Waals surface area contributed by atoms with E-state index >= 15 is 0 Å². The lowest BCUT2D eigenvalue weighted by atomic mass is 10.2. The summed E-state index contributed by atoms with van der Waals surface area (Å²) in [7, 11) is 0. The molecular weight excluding hydrogens is 295 g/mol. The van der Waals surface area contributed by atoms with Gasteiger partial charge in [0.05, 0.1) is 15.7 Å². The summed E-state index contributed by atoms with van der Waals surface area (Å²) in [6.45, 7) is 3.94. The van der Waals surface area contributed by atoms with E-state index in [4.69, 9.17) is 28.9 Å². The first-order valence-corrected chi connectivity index (χ1v) is 7.12. The minimum absolute atomic E-state index is 0.461. The van der Waals surface area contributed by atoms with Gasteiger partial charge >= 0.3 is 0 Å². The van der Waals surface area contributed by atoms with Crippen LogP contribution in [0.25, 0.3) is 0 Å².